The number of unbranched alkanes of at least 4 members (excludes halogenated alkanes) is 1. The van der Waals surface area contributed by atoms with Crippen LogP contribution in [0.1, 0.15) is 69.9 Å². The molecule has 182 valence electrons. The smallest absolute Gasteiger partial charge is 0.179 e. The summed E-state index contributed by atoms with van der Waals surface area (Å²) in [5, 5.41) is 12.0. The van der Waals surface area contributed by atoms with Gasteiger partial charge in [0.2, 0.25) is 0 Å². The van der Waals surface area contributed by atoms with Crippen LogP contribution in [0.5, 0.6) is 5.75 Å². The van der Waals surface area contributed by atoms with Crippen LogP contribution >= 0.6 is 0 Å². The second kappa shape index (κ2) is 10.5. The summed E-state index contributed by atoms with van der Waals surface area (Å²) >= 11 is 0. The lowest BCUT2D eigenvalue weighted by molar-refractivity contribution is 0.0174. The van der Waals surface area contributed by atoms with Gasteiger partial charge in [0.05, 0.1) is 23.4 Å². The Morgan fingerprint density at radius 1 is 1.09 bits per heavy atom. The topological polar surface area (TPSA) is 66.8 Å². The van der Waals surface area contributed by atoms with Gasteiger partial charge in [-0.05, 0) is 60.7 Å². The molecule has 0 amide bonds. The highest BCUT2D eigenvalue weighted by atomic mass is 32.2. The first-order valence-corrected chi connectivity index (χ1v) is 13.8. The van der Waals surface area contributed by atoms with Crippen molar-refractivity contribution in [3.63, 3.8) is 0 Å². The van der Waals surface area contributed by atoms with Crippen LogP contribution in [-0.2, 0) is 9.84 Å². The Hall–Kier alpha value is -2.05. The minimum atomic E-state index is -3.58. The lowest BCUT2D eigenvalue weighted by Gasteiger charge is -2.39. The SMILES string of the molecule is CCCC[C@]1(CC)CS(=O)(=O)c2ccc(N(C)C)cc2[C@@H](c2cccc(OCCC)c2)[C@H]1O. The van der Waals surface area contributed by atoms with E-state index in [-0.39, 0.29) is 5.75 Å². The maximum atomic E-state index is 13.7. The molecule has 3 atom stereocenters. The summed E-state index contributed by atoms with van der Waals surface area (Å²) in [5.74, 6) is 0.253. The standard InChI is InChI=1S/C27H39NO4S/c1-6-9-15-27(8-3)19-33(30,31)24-14-13-21(28(4)5)18-23(24)25(26(27)29)20-11-10-12-22(17-20)32-16-7-2/h10-14,17-18,25-26,29H,6-9,15-16,19H2,1-5H3/t25-,26-,27-/m1/s1. The van der Waals surface area contributed by atoms with E-state index in [0.717, 1.165) is 36.3 Å². The first-order chi connectivity index (χ1) is 15.7. The van der Waals surface area contributed by atoms with Gasteiger partial charge >= 0.3 is 0 Å². The number of aliphatic hydroxyl groups excluding tert-OH is 1. The highest BCUT2D eigenvalue weighted by Crippen LogP contribution is 2.49. The quantitative estimate of drug-likeness (QED) is 0.528. The van der Waals surface area contributed by atoms with Crippen LogP contribution in [0.4, 0.5) is 5.69 Å². The first-order valence-electron chi connectivity index (χ1n) is 12.1. The Kier molecular flexibility index (Phi) is 8.12. The van der Waals surface area contributed by atoms with Gasteiger partial charge in [0.1, 0.15) is 5.75 Å². The molecule has 1 N–H and O–H groups in total. The number of nitrogens with zero attached hydrogens (tertiary/aromatic N) is 1. The number of rotatable bonds is 9. The van der Waals surface area contributed by atoms with Gasteiger partial charge in [-0.25, -0.2) is 8.42 Å². The molecule has 0 radical (unpaired) electrons. The normalized spacial score (nSPS) is 24.1. The number of aliphatic hydroxyl groups is 1. The molecule has 2 aromatic carbocycles. The molecule has 0 aliphatic carbocycles. The monoisotopic (exact) mass is 473 g/mol. The molecule has 1 aliphatic rings. The summed E-state index contributed by atoms with van der Waals surface area (Å²) in [4.78, 5) is 2.30. The summed E-state index contributed by atoms with van der Waals surface area (Å²) in [6, 6.07) is 13.3. The maximum Gasteiger partial charge on any atom is 0.179 e. The van der Waals surface area contributed by atoms with Gasteiger partial charge in [-0.3, -0.25) is 0 Å². The zero-order chi connectivity index (χ0) is 24.2. The Morgan fingerprint density at radius 3 is 2.48 bits per heavy atom. The van der Waals surface area contributed by atoms with Gasteiger partial charge < -0.3 is 14.7 Å². The Bertz CT molecular complexity index is 1050. The van der Waals surface area contributed by atoms with Gasteiger partial charge in [0.15, 0.2) is 9.84 Å². The van der Waals surface area contributed by atoms with E-state index in [1.807, 2.05) is 62.3 Å². The van der Waals surface area contributed by atoms with Crippen molar-refractivity contribution in [1.82, 2.24) is 0 Å². The predicted octanol–water partition coefficient (Wildman–Crippen LogP) is 5.41. The van der Waals surface area contributed by atoms with Crippen molar-refractivity contribution in [3.8, 4) is 5.75 Å². The van der Waals surface area contributed by atoms with Crippen LogP contribution < -0.4 is 9.64 Å². The molecule has 0 fully saturated rings. The molecular formula is C27H39NO4S. The van der Waals surface area contributed by atoms with Crippen molar-refractivity contribution in [1.29, 1.82) is 0 Å². The molecule has 5 nitrogen and oxygen atoms in total. The van der Waals surface area contributed by atoms with Gasteiger partial charge in [-0.15, -0.1) is 0 Å². The Morgan fingerprint density at radius 2 is 1.85 bits per heavy atom. The molecular weight excluding hydrogens is 434 g/mol. The Balaban J connectivity index is 2.27. The third-order valence-corrected chi connectivity index (χ3v) is 9.02. The minimum Gasteiger partial charge on any atom is -0.494 e. The van der Waals surface area contributed by atoms with E-state index >= 15 is 0 Å². The fourth-order valence-electron chi connectivity index (χ4n) is 5.02. The van der Waals surface area contributed by atoms with Crippen molar-refractivity contribution in [3.05, 3.63) is 53.6 Å². The molecule has 6 heteroatoms. The zero-order valence-corrected chi connectivity index (χ0v) is 21.5. The van der Waals surface area contributed by atoms with Crippen LogP contribution in [0.15, 0.2) is 47.4 Å². The summed E-state index contributed by atoms with van der Waals surface area (Å²) in [7, 11) is 0.300. The van der Waals surface area contributed by atoms with Crippen LogP contribution in [-0.4, -0.2) is 46.1 Å². The summed E-state index contributed by atoms with van der Waals surface area (Å²) < 4.78 is 33.3. The van der Waals surface area contributed by atoms with E-state index < -0.39 is 27.3 Å². The highest BCUT2D eigenvalue weighted by Gasteiger charge is 2.49. The largest absolute Gasteiger partial charge is 0.494 e. The molecule has 1 heterocycles. The summed E-state index contributed by atoms with van der Waals surface area (Å²) in [6.07, 6.45) is 3.19. The molecule has 2 aromatic rings. The third-order valence-electron chi connectivity index (χ3n) is 7.02. The van der Waals surface area contributed by atoms with Crippen LogP contribution in [0.25, 0.3) is 0 Å². The summed E-state index contributed by atoms with van der Waals surface area (Å²) in [5.41, 5.74) is 1.77. The van der Waals surface area contributed by atoms with Crippen molar-refractivity contribution < 1.29 is 18.3 Å². The van der Waals surface area contributed by atoms with Crippen LogP contribution in [0.2, 0.25) is 0 Å². The molecule has 1 aliphatic heterocycles. The van der Waals surface area contributed by atoms with Gasteiger partial charge in [-0.1, -0.05) is 45.7 Å². The number of hydrogen-bond acceptors (Lipinski definition) is 5. The third kappa shape index (κ3) is 5.22. The number of anilines is 1. The van der Waals surface area contributed by atoms with E-state index in [1.54, 1.807) is 6.07 Å². The predicted molar refractivity (Wildman–Crippen MR) is 135 cm³/mol. The van der Waals surface area contributed by atoms with E-state index in [9.17, 15) is 13.5 Å². The molecule has 0 bridgehead atoms. The zero-order valence-electron chi connectivity index (χ0n) is 20.7. The Labute approximate surface area is 199 Å². The fourth-order valence-corrected chi connectivity index (χ4v) is 7.27. The van der Waals surface area contributed by atoms with Crippen molar-refractivity contribution in [2.45, 2.75) is 69.8 Å². The molecule has 33 heavy (non-hydrogen) atoms. The second-order valence-electron chi connectivity index (χ2n) is 9.54. The summed E-state index contributed by atoms with van der Waals surface area (Å²) in [6.45, 7) is 6.78. The number of benzene rings is 2. The molecule has 3 rings (SSSR count). The van der Waals surface area contributed by atoms with Crippen molar-refractivity contribution in [2.24, 2.45) is 5.41 Å². The number of ether oxygens (including phenoxy) is 1. The average Bonchev–Trinajstić information content (AvgIpc) is 2.87. The van der Waals surface area contributed by atoms with Crippen molar-refractivity contribution in [2.75, 3.05) is 31.4 Å². The van der Waals surface area contributed by atoms with E-state index in [4.69, 9.17) is 4.74 Å². The van der Waals surface area contributed by atoms with Crippen LogP contribution in [0.3, 0.4) is 0 Å². The number of hydrogen-bond donors (Lipinski definition) is 1. The maximum absolute atomic E-state index is 13.7. The minimum absolute atomic E-state index is 0.0332. The van der Waals surface area contributed by atoms with Gasteiger partial charge in [0, 0.05) is 31.1 Å². The lowest BCUT2D eigenvalue weighted by Crippen LogP contribution is -2.42. The van der Waals surface area contributed by atoms with Gasteiger partial charge in [-0.2, -0.15) is 0 Å². The van der Waals surface area contributed by atoms with E-state index in [0.29, 0.717) is 29.9 Å². The van der Waals surface area contributed by atoms with E-state index in [1.165, 1.54) is 0 Å². The fraction of sp³-hybridized carbons (Fsp3) is 0.556. The van der Waals surface area contributed by atoms with E-state index in [2.05, 4.69) is 13.8 Å². The molecule has 0 saturated carbocycles. The molecule has 0 saturated heterocycles. The number of fused-ring (bicyclic) bond motifs is 1. The highest BCUT2D eigenvalue weighted by molar-refractivity contribution is 7.91. The first kappa shape index (κ1) is 25.6. The average molecular weight is 474 g/mol. The second-order valence-corrected chi connectivity index (χ2v) is 11.5. The molecule has 0 aromatic heterocycles. The number of sulfone groups is 1. The molecule has 0 unspecified atom stereocenters. The lowest BCUT2D eigenvalue weighted by atomic mass is 9.69. The van der Waals surface area contributed by atoms with Gasteiger partial charge in [0.25, 0.3) is 0 Å². The van der Waals surface area contributed by atoms with Crippen molar-refractivity contribution >= 4 is 15.5 Å². The molecule has 0 spiro atoms. The van der Waals surface area contributed by atoms with Crippen LogP contribution in [0, 0.1) is 5.41 Å².